The Bertz CT molecular complexity index is 1260. The molecule has 0 spiro atoms. The molecule has 0 saturated heterocycles. The van der Waals surface area contributed by atoms with Crippen LogP contribution in [0.2, 0.25) is 5.02 Å². The van der Waals surface area contributed by atoms with Crippen LogP contribution >= 0.6 is 11.6 Å². The normalized spacial score (nSPS) is 11.0. The minimum absolute atomic E-state index is 0.0698. The van der Waals surface area contributed by atoms with Crippen LogP contribution in [0.5, 0.6) is 0 Å². The molecular weight excluding hydrogens is 417 g/mol. The number of hydrogen-bond donors (Lipinski definition) is 2. The van der Waals surface area contributed by atoms with Gasteiger partial charge >= 0.3 is 6.03 Å². The molecule has 2 N–H and O–H groups in total. The van der Waals surface area contributed by atoms with Crippen LogP contribution in [0.4, 0.5) is 29.5 Å². The summed E-state index contributed by atoms with van der Waals surface area (Å²) in [4.78, 5) is 12.4. The standard InChI is InChI=1S/C22H14ClF3N2O2/c1-11-4-2-3-5-14(11)20-16-8-12(23)6-7-15(16)21(30-20)28-22(29)27-19-17(25)9-13(24)10-18(19)26/h2-10H,1H3,(H2,27,28,29). The highest BCUT2D eigenvalue weighted by atomic mass is 35.5. The van der Waals surface area contributed by atoms with E-state index < -0.39 is 29.2 Å². The maximum absolute atomic E-state index is 13.8. The van der Waals surface area contributed by atoms with Crippen molar-refractivity contribution in [3.63, 3.8) is 0 Å². The zero-order valence-electron chi connectivity index (χ0n) is 15.5. The molecule has 0 radical (unpaired) electrons. The van der Waals surface area contributed by atoms with Gasteiger partial charge in [-0.25, -0.2) is 18.0 Å². The van der Waals surface area contributed by atoms with E-state index in [4.69, 9.17) is 16.0 Å². The summed E-state index contributed by atoms with van der Waals surface area (Å²) in [5.74, 6) is -3.01. The molecule has 30 heavy (non-hydrogen) atoms. The lowest BCUT2D eigenvalue weighted by molar-refractivity contribution is 0.261. The van der Waals surface area contributed by atoms with E-state index in [1.807, 2.05) is 36.5 Å². The van der Waals surface area contributed by atoms with Crippen LogP contribution in [0.1, 0.15) is 5.56 Å². The van der Waals surface area contributed by atoms with Crippen LogP contribution in [0.25, 0.3) is 22.1 Å². The molecule has 0 atom stereocenters. The van der Waals surface area contributed by atoms with E-state index in [9.17, 15) is 18.0 Å². The zero-order chi connectivity index (χ0) is 21.4. The Balaban J connectivity index is 1.72. The molecule has 0 unspecified atom stereocenters. The predicted octanol–water partition coefficient (Wildman–Crippen LogP) is 7.12. The number of benzene rings is 3. The maximum Gasteiger partial charge on any atom is 0.326 e. The van der Waals surface area contributed by atoms with Gasteiger partial charge in [0.1, 0.15) is 17.3 Å². The molecule has 0 saturated carbocycles. The first-order chi connectivity index (χ1) is 14.3. The molecule has 4 rings (SSSR count). The molecule has 2 amide bonds. The maximum atomic E-state index is 13.8. The Morgan fingerprint density at radius 1 is 0.933 bits per heavy atom. The highest BCUT2D eigenvalue weighted by molar-refractivity contribution is 6.31. The molecule has 8 heteroatoms. The van der Waals surface area contributed by atoms with Crippen molar-refractivity contribution in [2.45, 2.75) is 6.92 Å². The number of amides is 2. The summed E-state index contributed by atoms with van der Waals surface area (Å²) in [6.07, 6.45) is 0. The number of aryl methyl sites for hydroxylation is 1. The second-order valence-corrected chi connectivity index (χ2v) is 7.03. The van der Waals surface area contributed by atoms with E-state index >= 15 is 0 Å². The first kappa shape index (κ1) is 19.8. The number of carbonyl (C=O) groups is 1. The number of carbonyl (C=O) groups excluding carboxylic acids is 1. The van der Waals surface area contributed by atoms with Gasteiger partial charge in [-0.05, 0) is 30.7 Å². The van der Waals surface area contributed by atoms with Crippen molar-refractivity contribution < 1.29 is 22.4 Å². The van der Waals surface area contributed by atoms with Crippen LogP contribution < -0.4 is 10.6 Å². The van der Waals surface area contributed by atoms with Gasteiger partial charge in [-0.1, -0.05) is 35.9 Å². The Hall–Kier alpha value is -3.45. The van der Waals surface area contributed by atoms with Crippen molar-refractivity contribution in [3.05, 3.63) is 82.6 Å². The zero-order valence-corrected chi connectivity index (χ0v) is 16.3. The fourth-order valence-corrected chi connectivity index (χ4v) is 3.32. The molecule has 1 aromatic heterocycles. The van der Waals surface area contributed by atoms with Gasteiger partial charge in [0.25, 0.3) is 0 Å². The molecule has 152 valence electrons. The molecule has 3 aromatic carbocycles. The van der Waals surface area contributed by atoms with E-state index in [1.54, 1.807) is 18.2 Å². The van der Waals surface area contributed by atoms with Crippen molar-refractivity contribution in [1.29, 1.82) is 0 Å². The molecule has 4 aromatic rings. The number of rotatable bonds is 3. The summed E-state index contributed by atoms with van der Waals surface area (Å²) in [7, 11) is 0. The van der Waals surface area contributed by atoms with Crippen molar-refractivity contribution in [2.24, 2.45) is 0 Å². The first-order valence-corrected chi connectivity index (χ1v) is 9.22. The smallest absolute Gasteiger partial charge is 0.326 e. The number of anilines is 2. The van der Waals surface area contributed by atoms with Gasteiger partial charge in [-0.15, -0.1) is 0 Å². The average molecular weight is 431 g/mol. The summed E-state index contributed by atoms with van der Waals surface area (Å²) >= 11 is 6.13. The number of urea groups is 1. The SMILES string of the molecule is Cc1ccccc1-c1oc(NC(=O)Nc2c(F)cc(F)cc2F)c2ccc(Cl)cc12. The predicted molar refractivity (Wildman–Crippen MR) is 110 cm³/mol. The van der Waals surface area contributed by atoms with E-state index in [2.05, 4.69) is 5.32 Å². The summed E-state index contributed by atoms with van der Waals surface area (Å²) in [5, 5.41) is 6.17. The van der Waals surface area contributed by atoms with Crippen LogP contribution in [-0.2, 0) is 0 Å². The topological polar surface area (TPSA) is 54.3 Å². The first-order valence-electron chi connectivity index (χ1n) is 8.84. The molecule has 0 fully saturated rings. The van der Waals surface area contributed by atoms with Crippen LogP contribution in [0, 0.1) is 24.4 Å². The van der Waals surface area contributed by atoms with Crippen LogP contribution in [-0.4, -0.2) is 6.03 Å². The third-order valence-corrected chi connectivity index (χ3v) is 4.77. The number of hydrogen-bond acceptors (Lipinski definition) is 2. The summed E-state index contributed by atoms with van der Waals surface area (Å²) in [5.41, 5.74) is 0.973. The number of furan rings is 1. The summed E-state index contributed by atoms with van der Waals surface area (Å²) < 4.78 is 46.6. The molecule has 0 aliphatic rings. The second-order valence-electron chi connectivity index (χ2n) is 6.59. The minimum Gasteiger partial charge on any atom is -0.439 e. The monoisotopic (exact) mass is 430 g/mol. The Morgan fingerprint density at radius 2 is 1.63 bits per heavy atom. The summed E-state index contributed by atoms with van der Waals surface area (Å²) in [6, 6.07) is 12.5. The number of halogens is 4. The quantitative estimate of drug-likeness (QED) is 0.363. The van der Waals surface area contributed by atoms with E-state index in [0.29, 0.717) is 33.7 Å². The highest BCUT2D eigenvalue weighted by Crippen LogP contribution is 2.39. The van der Waals surface area contributed by atoms with Gasteiger partial charge in [-0.2, -0.15) is 0 Å². The van der Waals surface area contributed by atoms with E-state index in [-0.39, 0.29) is 5.88 Å². The lowest BCUT2D eigenvalue weighted by atomic mass is 10.0. The van der Waals surface area contributed by atoms with E-state index in [1.165, 1.54) is 0 Å². The van der Waals surface area contributed by atoms with Crippen molar-refractivity contribution in [3.8, 4) is 11.3 Å². The van der Waals surface area contributed by atoms with Gasteiger partial charge in [-0.3, -0.25) is 5.32 Å². The molecule has 4 nitrogen and oxygen atoms in total. The number of fused-ring (bicyclic) bond motifs is 1. The van der Waals surface area contributed by atoms with Crippen LogP contribution in [0.3, 0.4) is 0 Å². The fourth-order valence-electron chi connectivity index (χ4n) is 3.14. The molecule has 0 aliphatic heterocycles. The highest BCUT2D eigenvalue weighted by Gasteiger charge is 2.20. The van der Waals surface area contributed by atoms with Gasteiger partial charge in [0, 0.05) is 33.5 Å². The fraction of sp³-hybridized carbons (Fsp3) is 0.0455. The Morgan fingerprint density at radius 3 is 2.33 bits per heavy atom. The van der Waals surface area contributed by atoms with Crippen molar-refractivity contribution in [2.75, 3.05) is 10.6 Å². The summed E-state index contributed by atoms with van der Waals surface area (Å²) in [6.45, 7) is 1.91. The lowest BCUT2D eigenvalue weighted by Gasteiger charge is -2.08. The largest absolute Gasteiger partial charge is 0.439 e. The average Bonchev–Trinajstić information content (AvgIpc) is 3.02. The van der Waals surface area contributed by atoms with Crippen molar-refractivity contribution >= 4 is 40.0 Å². The van der Waals surface area contributed by atoms with Crippen LogP contribution in [0.15, 0.2) is 59.0 Å². The minimum atomic E-state index is -1.24. The third kappa shape index (κ3) is 3.71. The molecule has 0 aliphatic carbocycles. The molecule has 0 bridgehead atoms. The Kier molecular flexibility index (Phi) is 5.13. The van der Waals surface area contributed by atoms with Gasteiger partial charge in [0.2, 0.25) is 5.88 Å². The molecular formula is C22H14ClF3N2O2. The number of nitrogens with one attached hydrogen (secondary N) is 2. The van der Waals surface area contributed by atoms with Crippen molar-refractivity contribution in [1.82, 2.24) is 0 Å². The van der Waals surface area contributed by atoms with E-state index in [0.717, 1.165) is 11.1 Å². The Labute approximate surface area is 174 Å². The van der Waals surface area contributed by atoms with Gasteiger partial charge in [0.05, 0.1) is 0 Å². The third-order valence-electron chi connectivity index (χ3n) is 4.54. The molecule has 1 heterocycles. The second kappa shape index (κ2) is 7.76. The van der Waals surface area contributed by atoms with Gasteiger partial charge in [0.15, 0.2) is 11.6 Å². The lowest BCUT2D eigenvalue weighted by Crippen LogP contribution is -2.21. The van der Waals surface area contributed by atoms with Gasteiger partial charge < -0.3 is 9.73 Å².